The van der Waals surface area contributed by atoms with Crippen LogP contribution in [0.4, 0.5) is 11.8 Å². The lowest BCUT2D eigenvalue weighted by Crippen LogP contribution is -2.46. The molecule has 1 aromatic heterocycles. The highest BCUT2D eigenvalue weighted by Gasteiger charge is 2.18. The lowest BCUT2D eigenvalue weighted by molar-refractivity contribution is 0.197. The predicted octanol–water partition coefficient (Wildman–Crippen LogP) is 2.25. The Bertz CT molecular complexity index is 629. The highest BCUT2D eigenvalue weighted by Crippen LogP contribution is 2.16. The first-order valence-electron chi connectivity index (χ1n) is 8.92. The van der Waals surface area contributed by atoms with Crippen LogP contribution >= 0.6 is 0 Å². The van der Waals surface area contributed by atoms with Crippen LogP contribution in [-0.4, -0.2) is 61.3 Å². The Morgan fingerprint density at radius 1 is 1.08 bits per heavy atom. The number of hydrogen-bond donors (Lipinski definition) is 1. The van der Waals surface area contributed by atoms with E-state index in [2.05, 4.69) is 55.4 Å². The summed E-state index contributed by atoms with van der Waals surface area (Å²) in [6, 6.07) is 12.7. The van der Waals surface area contributed by atoms with Crippen LogP contribution in [0.5, 0.6) is 0 Å². The molecule has 0 aliphatic carbocycles. The maximum Gasteiger partial charge on any atom is 0.224 e. The van der Waals surface area contributed by atoms with E-state index in [9.17, 15) is 0 Å². The standard InChI is InChI=1S/C19H27N5O/c1-25-15-5-9-20-19-21-10-8-18(22-19)24-13-11-23(12-14-24)16-17-6-3-2-4-7-17/h2-4,6-8,10H,5,9,11-16H2,1H3,(H,20,21,22). The average molecular weight is 341 g/mol. The van der Waals surface area contributed by atoms with Crippen LogP contribution in [0.25, 0.3) is 0 Å². The lowest BCUT2D eigenvalue weighted by atomic mass is 10.2. The normalized spacial score (nSPS) is 15.3. The number of piperazine rings is 1. The van der Waals surface area contributed by atoms with Crippen LogP contribution in [-0.2, 0) is 11.3 Å². The summed E-state index contributed by atoms with van der Waals surface area (Å²) >= 11 is 0. The molecule has 2 heterocycles. The topological polar surface area (TPSA) is 53.5 Å². The first-order chi connectivity index (χ1) is 12.3. The van der Waals surface area contributed by atoms with E-state index < -0.39 is 0 Å². The number of ether oxygens (including phenoxy) is 1. The highest BCUT2D eigenvalue weighted by atomic mass is 16.5. The largest absolute Gasteiger partial charge is 0.385 e. The van der Waals surface area contributed by atoms with Gasteiger partial charge < -0.3 is 15.0 Å². The summed E-state index contributed by atoms with van der Waals surface area (Å²) in [5.74, 6) is 1.70. The smallest absolute Gasteiger partial charge is 0.224 e. The Morgan fingerprint density at radius 2 is 1.88 bits per heavy atom. The van der Waals surface area contributed by atoms with E-state index in [1.54, 1.807) is 7.11 Å². The van der Waals surface area contributed by atoms with Crippen LogP contribution in [0.2, 0.25) is 0 Å². The number of anilines is 2. The van der Waals surface area contributed by atoms with Gasteiger partial charge in [0.25, 0.3) is 0 Å². The first-order valence-corrected chi connectivity index (χ1v) is 8.92. The van der Waals surface area contributed by atoms with Crippen molar-refractivity contribution >= 4 is 11.8 Å². The van der Waals surface area contributed by atoms with E-state index in [1.807, 2.05) is 12.3 Å². The zero-order valence-electron chi connectivity index (χ0n) is 14.9. The second kappa shape index (κ2) is 9.34. The fourth-order valence-electron chi connectivity index (χ4n) is 3.00. The van der Waals surface area contributed by atoms with Crippen molar-refractivity contribution in [2.75, 3.05) is 56.7 Å². The van der Waals surface area contributed by atoms with E-state index in [0.29, 0.717) is 5.95 Å². The molecule has 3 rings (SSSR count). The highest BCUT2D eigenvalue weighted by molar-refractivity contribution is 5.43. The monoisotopic (exact) mass is 341 g/mol. The number of rotatable bonds is 8. The van der Waals surface area contributed by atoms with E-state index in [0.717, 1.165) is 58.1 Å². The Hall–Kier alpha value is -2.18. The molecule has 1 aliphatic rings. The summed E-state index contributed by atoms with van der Waals surface area (Å²) in [5, 5.41) is 3.26. The van der Waals surface area contributed by atoms with Crippen LogP contribution in [0.1, 0.15) is 12.0 Å². The van der Waals surface area contributed by atoms with Crippen molar-refractivity contribution in [1.82, 2.24) is 14.9 Å². The number of aromatic nitrogens is 2. The minimum Gasteiger partial charge on any atom is -0.385 e. The lowest BCUT2D eigenvalue weighted by Gasteiger charge is -2.35. The fourth-order valence-corrected chi connectivity index (χ4v) is 3.00. The number of methoxy groups -OCH3 is 1. The van der Waals surface area contributed by atoms with Gasteiger partial charge in [0.1, 0.15) is 5.82 Å². The van der Waals surface area contributed by atoms with Crippen molar-refractivity contribution < 1.29 is 4.74 Å². The number of benzene rings is 1. The van der Waals surface area contributed by atoms with Crippen LogP contribution < -0.4 is 10.2 Å². The third kappa shape index (κ3) is 5.41. The van der Waals surface area contributed by atoms with Gasteiger partial charge in [-0.25, -0.2) is 4.98 Å². The van der Waals surface area contributed by atoms with E-state index in [4.69, 9.17) is 4.74 Å². The maximum atomic E-state index is 5.06. The molecule has 0 unspecified atom stereocenters. The van der Waals surface area contributed by atoms with E-state index in [-0.39, 0.29) is 0 Å². The zero-order chi connectivity index (χ0) is 17.3. The van der Waals surface area contributed by atoms with Crippen molar-refractivity contribution in [2.45, 2.75) is 13.0 Å². The summed E-state index contributed by atoms with van der Waals surface area (Å²) < 4.78 is 5.06. The van der Waals surface area contributed by atoms with Crippen LogP contribution in [0.3, 0.4) is 0 Å². The molecule has 0 saturated carbocycles. The third-order valence-corrected chi connectivity index (χ3v) is 4.39. The molecule has 1 aliphatic heterocycles. The van der Waals surface area contributed by atoms with Crippen molar-refractivity contribution in [2.24, 2.45) is 0 Å². The second-order valence-corrected chi connectivity index (χ2v) is 6.26. The number of nitrogens with one attached hydrogen (secondary N) is 1. The Kier molecular flexibility index (Phi) is 6.59. The van der Waals surface area contributed by atoms with Crippen molar-refractivity contribution in [3.63, 3.8) is 0 Å². The van der Waals surface area contributed by atoms with Crippen molar-refractivity contribution in [3.8, 4) is 0 Å². The molecule has 1 N–H and O–H groups in total. The van der Waals surface area contributed by atoms with Gasteiger partial charge in [-0.3, -0.25) is 4.90 Å². The summed E-state index contributed by atoms with van der Waals surface area (Å²) in [7, 11) is 1.72. The summed E-state index contributed by atoms with van der Waals surface area (Å²) in [6.45, 7) is 6.67. The average Bonchev–Trinajstić information content (AvgIpc) is 2.67. The van der Waals surface area contributed by atoms with Crippen LogP contribution in [0, 0.1) is 0 Å². The minimum atomic E-state index is 0.695. The molecule has 1 fully saturated rings. The number of hydrogen-bond acceptors (Lipinski definition) is 6. The van der Waals surface area contributed by atoms with Gasteiger partial charge in [0.05, 0.1) is 0 Å². The molecular formula is C19H27N5O. The van der Waals surface area contributed by atoms with E-state index >= 15 is 0 Å². The summed E-state index contributed by atoms with van der Waals surface area (Å²) in [6.07, 6.45) is 2.78. The molecule has 0 spiro atoms. The van der Waals surface area contributed by atoms with Gasteiger partial charge >= 0.3 is 0 Å². The molecular weight excluding hydrogens is 314 g/mol. The minimum absolute atomic E-state index is 0.695. The van der Waals surface area contributed by atoms with E-state index in [1.165, 1.54) is 5.56 Å². The molecule has 2 aromatic rings. The Labute approximate surface area is 149 Å². The van der Waals surface area contributed by atoms with Gasteiger partial charge in [-0.1, -0.05) is 30.3 Å². The molecule has 0 radical (unpaired) electrons. The third-order valence-electron chi connectivity index (χ3n) is 4.39. The molecule has 1 saturated heterocycles. The summed E-state index contributed by atoms with van der Waals surface area (Å²) in [4.78, 5) is 13.8. The molecule has 0 atom stereocenters. The van der Waals surface area contributed by atoms with Gasteiger partial charge in [-0.2, -0.15) is 4.98 Å². The van der Waals surface area contributed by atoms with Gasteiger partial charge in [0.15, 0.2) is 0 Å². The molecule has 6 nitrogen and oxygen atoms in total. The van der Waals surface area contributed by atoms with Gasteiger partial charge in [-0.05, 0) is 18.1 Å². The maximum absolute atomic E-state index is 5.06. The van der Waals surface area contributed by atoms with Crippen molar-refractivity contribution in [3.05, 3.63) is 48.2 Å². The SMILES string of the molecule is COCCCNc1nccc(N2CCN(Cc3ccccc3)CC2)n1. The fraction of sp³-hybridized carbons (Fsp3) is 0.474. The summed E-state index contributed by atoms with van der Waals surface area (Å²) in [5.41, 5.74) is 1.38. The molecule has 134 valence electrons. The molecule has 1 aromatic carbocycles. The predicted molar refractivity (Wildman–Crippen MR) is 101 cm³/mol. The Morgan fingerprint density at radius 3 is 2.64 bits per heavy atom. The van der Waals surface area contributed by atoms with Crippen molar-refractivity contribution in [1.29, 1.82) is 0 Å². The Balaban J connectivity index is 1.49. The van der Waals surface area contributed by atoms with Gasteiger partial charge in [0.2, 0.25) is 5.95 Å². The molecule has 0 bridgehead atoms. The van der Waals surface area contributed by atoms with Gasteiger partial charge in [-0.15, -0.1) is 0 Å². The van der Waals surface area contributed by atoms with Gasteiger partial charge in [0, 0.05) is 59.2 Å². The molecule has 25 heavy (non-hydrogen) atoms. The first kappa shape index (κ1) is 17.6. The second-order valence-electron chi connectivity index (χ2n) is 6.26. The zero-order valence-corrected chi connectivity index (χ0v) is 14.9. The van der Waals surface area contributed by atoms with Crippen LogP contribution in [0.15, 0.2) is 42.6 Å². The number of nitrogens with zero attached hydrogens (tertiary/aromatic N) is 4. The molecule has 6 heteroatoms. The quantitative estimate of drug-likeness (QED) is 0.743. The molecule has 0 amide bonds.